The molecule has 0 aromatic carbocycles. The molecule has 0 spiro atoms. The monoisotopic (exact) mass is 250 g/mol. The predicted molar refractivity (Wildman–Crippen MR) is 80.6 cm³/mol. The van der Waals surface area contributed by atoms with Crippen molar-refractivity contribution in [3.63, 3.8) is 0 Å². The van der Waals surface area contributed by atoms with Gasteiger partial charge < -0.3 is 0 Å². The van der Waals surface area contributed by atoms with Crippen LogP contribution in [-0.4, -0.2) is 0 Å². The molecule has 6 atom stereocenters. The Bertz CT molecular complexity index is 244. The molecule has 6 unspecified atom stereocenters. The molecule has 0 aromatic rings. The topological polar surface area (TPSA) is 0 Å². The first kappa shape index (κ1) is 14.4. The van der Waals surface area contributed by atoms with Crippen LogP contribution in [-0.2, 0) is 0 Å². The van der Waals surface area contributed by atoms with Crippen LogP contribution in [0.4, 0.5) is 0 Å². The van der Waals surface area contributed by atoms with E-state index in [0.717, 1.165) is 35.5 Å². The standard InChI is InChI=1S/C18H34/c1-5-13(2)7-6-8-16-12-18-14(3)9-10-17(18)11-15(16)4/h13-18H,5-12H2,1-4H3. The van der Waals surface area contributed by atoms with E-state index in [1.165, 1.54) is 38.5 Å². The summed E-state index contributed by atoms with van der Waals surface area (Å²) in [6.07, 6.45) is 12.0. The van der Waals surface area contributed by atoms with Crippen LogP contribution in [0.1, 0.15) is 79.1 Å². The fraction of sp³-hybridized carbons (Fsp3) is 1.00. The molecule has 0 amide bonds. The van der Waals surface area contributed by atoms with Gasteiger partial charge in [-0.25, -0.2) is 0 Å². The van der Waals surface area contributed by atoms with Gasteiger partial charge >= 0.3 is 0 Å². The van der Waals surface area contributed by atoms with E-state index in [1.54, 1.807) is 12.8 Å². The maximum atomic E-state index is 2.53. The van der Waals surface area contributed by atoms with Crippen molar-refractivity contribution in [3.05, 3.63) is 0 Å². The third-order valence-electron chi connectivity index (χ3n) is 6.35. The number of hydrogen-bond acceptors (Lipinski definition) is 0. The molecule has 0 bridgehead atoms. The Hall–Kier alpha value is 0. The van der Waals surface area contributed by atoms with E-state index in [1.807, 2.05) is 0 Å². The third-order valence-corrected chi connectivity index (χ3v) is 6.35. The van der Waals surface area contributed by atoms with Gasteiger partial charge in [-0.3, -0.25) is 0 Å². The van der Waals surface area contributed by atoms with E-state index in [2.05, 4.69) is 27.7 Å². The van der Waals surface area contributed by atoms with Crippen LogP contribution in [0.2, 0.25) is 0 Å². The molecule has 0 N–H and O–H groups in total. The minimum absolute atomic E-state index is 0.946. The molecule has 2 saturated carbocycles. The van der Waals surface area contributed by atoms with Crippen molar-refractivity contribution < 1.29 is 0 Å². The van der Waals surface area contributed by atoms with E-state index >= 15 is 0 Å². The molecule has 2 aliphatic rings. The number of hydrogen-bond donors (Lipinski definition) is 0. The summed E-state index contributed by atoms with van der Waals surface area (Å²) in [6, 6.07) is 0. The van der Waals surface area contributed by atoms with Gasteiger partial charge in [0.05, 0.1) is 0 Å². The van der Waals surface area contributed by atoms with Crippen LogP contribution in [0.25, 0.3) is 0 Å². The summed E-state index contributed by atoms with van der Waals surface area (Å²) in [6.45, 7) is 9.79. The average molecular weight is 250 g/mol. The maximum absolute atomic E-state index is 2.53. The van der Waals surface area contributed by atoms with Gasteiger partial charge in [0, 0.05) is 0 Å². The van der Waals surface area contributed by atoms with Crippen LogP contribution in [0.5, 0.6) is 0 Å². The Morgan fingerprint density at radius 2 is 1.83 bits per heavy atom. The molecule has 0 heterocycles. The second-order valence-corrected chi connectivity index (χ2v) is 7.63. The van der Waals surface area contributed by atoms with Crippen molar-refractivity contribution in [1.29, 1.82) is 0 Å². The van der Waals surface area contributed by atoms with E-state index in [4.69, 9.17) is 0 Å². The highest BCUT2D eigenvalue weighted by Gasteiger charge is 2.40. The lowest BCUT2D eigenvalue weighted by Gasteiger charge is -2.38. The first-order chi connectivity index (χ1) is 8.61. The molecule has 106 valence electrons. The first-order valence-corrected chi connectivity index (χ1v) is 8.61. The van der Waals surface area contributed by atoms with Gasteiger partial charge in [-0.15, -0.1) is 0 Å². The first-order valence-electron chi connectivity index (χ1n) is 8.61. The van der Waals surface area contributed by atoms with Crippen LogP contribution < -0.4 is 0 Å². The largest absolute Gasteiger partial charge is 0.0651 e. The second-order valence-electron chi connectivity index (χ2n) is 7.63. The quantitative estimate of drug-likeness (QED) is 0.569. The zero-order chi connectivity index (χ0) is 13.1. The van der Waals surface area contributed by atoms with Crippen molar-refractivity contribution in [2.75, 3.05) is 0 Å². The highest BCUT2D eigenvalue weighted by atomic mass is 14.5. The minimum atomic E-state index is 0.946. The SMILES string of the molecule is CCC(C)CCCC1CC2C(C)CCC2CC1C. The Labute approximate surface area is 115 Å². The lowest BCUT2D eigenvalue weighted by atomic mass is 9.67. The summed E-state index contributed by atoms with van der Waals surface area (Å²) < 4.78 is 0. The summed E-state index contributed by atoms with van der Waals surface area (Å²) in [4.78, 5) is 0. The third kappa shape index (κ3) is 3.31. The molecule has 2 aliphatic carbocycles. The van der Waals surface area contributed by atoms with Crippen molar-refractivity contribution in [2.45, 2.75) is 79.1 Å². The van der Waals surface area contributed by atoms with Gasteiger partial charge in [-0.05, 0) is 54.8 Å². The van der Waals surface area contributed by atoms with Gasteiger partial charge in [0.1, 0.15) is 0 Å². The molecule has 18 heavy (non-hydrogen) atoms. The molecule has 2 rings (SSSR count). The molecule has 0 aromatic heterocycles. The Morgan fingerprint density at radius 3 is 2.56 bits per heavy atom. The second kappa shape index (κ2) is 6.44. The van der Waals surface area contributed by atoms with Crippen molar-refractivity contribution in [3.8, 4) is 0 Å². The molecule has 2 fully saturated rings. The molecule has 0 nitrogen and oxygen atoms in total. The van der Waals surface area contributed by atoms with Crippen LogP contribution in [0.3, 0.4) is 0 Å². The zero-order valence-corrected chi connectivity index (χ0v) is 13.1. The van der Waals surface area contributed by atoms with Gasteiger partial charge in [0.25, 0.3) is 0 Å². The van der Waals surface area contributed by atoms with Crippen LogP contribution in [0.15, 0.2) is 0 Å². The van der Waals surface area contributed by atoms with E-state index < -0.39 is 0 Å². The summed E-state index contributed by atoms with van der Waals surface area (Å²) >= 11 is 0. The van der Waals surface area contributed by atoms with Gasteiger partial charge in [-0.1, -0.05) is 59.8 Å². The van der Waals surface area contributed by atoms with Crippen molar-refractivity contribution >= 4 is 0 Å². The lowest BCUT2D eigenvalue weighted by Crippen LogP contribution is -2.29. The maximum Gasteiger partial charge on any atom is -0.0357 e. The minimum Gasteiger partial charge on any atom is -0.0651 e. The van der Waals surface area contributed by atoms with Crippen LogP contribution in [0, 0.1) is 35.5 Å². The number of fused-ring (bicyclic) bond motifs is 1. The molecule has 0 aliphatic heterocycles. The average Bonchev–Trinajstić information content (AvgIpc) is 2.70. The van der Waals surface area contributed by atoms with Crippen molar-refractivity contribution in [1.82, 2.24) is 0 Å². The van der Waals surface area contributed by atoms with Crippen LogP contribution >= 0.6 is 0 Å². The van der Waals surface area contributed by atoms with Gasteiger partial charge in [-0.2, -0.15) is 0 Å². The molecule has 0 radical (unpaired) electrons. The summed E-state index contributed by atoms with van der Waals surface area (Å²) in [5, 5.41) is 0. The zero-order valence-electron chi connectivity index (χ0n) is 13.1. The van der Waals surface area contributed by atoms with E-state index in [9.17, 15) is 0 Å². The Balaban J connectivity index is 1.78. The highest BCUT2D eigenvalue weighted by Crippen LogP contribution is 2.50. The van der Waals surface area contributed by atoms with E-state index in [-0.39, 0.29) is 0 Å². The fourth-order valence-corrected chi connectivity index (χ4v) is 4.67. The Kier molecular flexibility index (Phi) is 5.15. The molecule has 0 saturated heterocycles. The van der Waals surface area contributed by atoms with Gasteiger partial charge in [0.2, 0.25) is 0 Å². The summed E-state index contributed by atoms with van der Waals surface area (Å²) in [5.41, 5.74) is 0. The normalized spacial score (nSPS) is 41.7. The van der Waals surface area contributed by atoms with Crippen molar-refractivity contribution in [2.24, 2.45) is 35.5 Å². The highest BCUT2D eigenvalue weighted by molar-refractivity contribution is 4.90. The molecular weight excluding hydrogens is 216 g/mol. The summed E-state index contributed by atoms with van der Waals surface area (Å²) in [7, 11) is 0. The molecular formula is C18H34. The lowest BCUT2D eigenvalue weighted by molar-refractivity contribution is 0.115. The predicted octanol–water partition coefficient (Wildman–Crippen LogP) is 5.91. The summed E-state index contributed by atoms with van der Waals surface area (Å²) in [5.74, 6) is 6.22. The number of rotatable bonds is 5. The Morgan fingerprint density at radius 1 is 1.06 bits per heavy atom. The van der Waals surface area contributed by atoms with E-state index in [0.29, 0.717) is 0 Å². The smallest absolute Gasteiger partial charge is 0.0357 e. The fourth-order valence-electron chi connectivity index (χ4n) is 4.67. The van der Waals surface area contributed by atoms with Gasteiger partial charge in [0.15, 0.2) is 0 Å². The molecule has 0 heteroatoms.